The molecule has 0 radical (unpaired) electrons. The number of nitrogens with zero attached hydrogens (tertiary/aromatic N) is 2. The molecule has 0 saturated carbocycles. The monoisotopic (exact) mass is 279 g/mol. The Morgan fingerprint density at radius 2 is 2.15 bits per heavy atom. The van der Waals surface area contributed by atoms with E-state index in [2.05, 4.69) is 29.0 Å². The minimum absolute atomic E-state index is 0.0455. The van der Waals surface area contributed by atoms with Gasteiger partial charge >= 0.3 is 0 Å². The van der Waals surface area contributed by atoms with Crippen molar-refractivity contribution in [3.63, 3.8) is 0 Å². The van der Waals surface area contributed by atoms with Gasteiger partial charge in [0.2, 0.25) is 5.91 Å². The number of carbonyl (C=O) groups is 1. The molecular weight excluding hydrogens is 250 g/mol. The molecule has 3 saturated heterocycles. The molecule has 3 heterocycles. The predicted octanol–water partition coefficient (Wildman–Crippen LogP) is 1.32. The number of likely N-dealkylation sites (tertiary alicyclic amines) is 1. The molecule has 0 aliphatic carbocycles. The van der Waals surface area contributed by atoms with E-state index in [-0.39, 0.29) is 11.9 Å². The Hall–Kier alpha value is -0.610. The van der Waals surface area contributed by atoms with Crippen molar-refractivity contribution in [1.29, 1.82) is 0 Å². The smallest absolute Gasteiger partial charge is 0.237 e. The molecule has 20 heavy (non-hydrogen) atoms. The predicted molar refractivity (Wildman–Crippen MR) is 80.5 cm³/mol. The second-order valence-electron chi connectivity index (χ2n) is 6.90. The van der Waals surface area contributed by atoms with Crippen LogP contribution in [0.3, 0.4) is 0 Å². The summed E-state index contributed by atoms with van der Waals surface area (Å²) in [4.78, 5) is 17.3. The van der Waals surface area contributed by atoms with Gasteiger partial charge in [-0.3, -0.25) is 14.6 Å². The van der Waals surface area contributed by atoms with Crippen LogP contribution in [0.2, 0.25) is 0 Å². The summed E-state index contributed by atoms with van der Waals surface area (Å²) in [6.07, 6.45) is 5.18. The maximum atomic E-state index is 12.1. The van der Waals surface area contributed by atoms with Crippen LogP contribution in [0.4, 0.5) is 0 Å². The molecule has 3 fully saturated rings. The molecule has 3 aliphatic heterocycles. The van der Waals surface area contributed by atoms with Gasteiger partial charge in [0, 0.05) is 32.2 Å². The fourth-order valence-corrected chi connectivity index (χ4v) is 4.47. The Labute approximate surface area is 122 Å². The molecule has 3 rings (SSSR count). The van der Waals surface area contributed by atoms with Gasteiger partial charge in [-0.15, -0.1) is 0 Å². The zero-order chi connectivity index (χ0) is 14.1. The summed E-state index contributed by atoms with van der Waals surface area (Å²) in [5, 5.41) is 3.04. The summed E-state index contributed by atoms with van der Waals surface area (Å²) in [6.45, 7) is 9.82. The third-order valence-electron chi connectivity index (χ3n) is 5.62. The maximum absolute atomic E-state index is 12.1. The van der Waals surface area contributed by atoms with Gasteiger partial charge in [-0.05, 0) is 44.6 Å². The van der Waals surface area contributed by atoms with Crippen molar-refractivity contribution >= 4 is 5.91 Å². The van der Waals surface area contributed by atoms with Crippen LogP contribution in [0.1, 0.15) is 39.5 Å². The second-order valence-corrected chi connectivity index (χ2v) is 6.90. The summed E-state index contributed by atoms with van der Waals surface area (Å²) in [5.74, 6) is 1.84. The SMILES string of the molecule is CCCNC(=O)[C@H](C)N1C[C@@H]2CN3CCCC[C@@H]3[C@@H]2C1. The Morgan fingerprint density at radius 1 is 1.30 bits per heavy atom. The summed E-state index contributed by atoms with van der Waals surface area (Å²) in [7, 11) is 0. The van der Waals surface area contributed by atoms with Gasteiger partial charge in [0.05, 0.1) is 6.04 Å². The van der Waals surface area contributed by atoms with Gasteiger partial charge in [-0.25, -0.2) is 0 Å². The fourth-order valence-electron chi connectivity index (χ4n) is 4.47. The van der Waals surface area contributed by atoms with Gasteiger partial charge in [0.25, 0.3) is 0 Å². The van der Waals surface area contributed by atoms with Gasteiger partial charge in [0.1, 0.15) is 0 Å². The minimum Gasteiger partial charge on any atom is -0.355 e. The molecule has 0 unspecified atom stereocenters. The van der Waals surface area contributed by atoms with Crippen LogP contribution in [-0.4, -0.2) is 60.5 Å². The maximum Gasteiger partial charge on any atom is 0.237 e. The van der Waals surface area contributed by atoms with Gasteiger partial charge in [-0.2, -0.15) is 0 Å². The van der Waals surface area contributed by atoms with Crippen molar-refractivity contribution in [2.24, 2.45) is 11.8 Å². The number of piperidine rings is 1. The summed E-state index contributed by atoms with van der Waals surface area (Å²) in [5.41, 5.74) is 0. The summed E-state index contributed by atoms with van der Waals surface area (Å²) < 4.78 is 0. The number of amides is 1. The van der Waals surface area contributed by atoms with Crippen LogP contribution >= 0.6 is 0 Å². The average molecular weight is 279 g/mol. The molecule has 0 aromatic heterocycles. The van der Waals surface area contributed by atoms with E-state index in [1.807, 2.05) is 0 Å². The Kier molecular flexibility index (Phi) is 4.32. The number of nitrogens with one attached hydrogen (secondary N) is 1. The Morgan fingerprint density at radius 3 is 2.95 bits per heavy atom. The first-order valence-electron chi connectivity index (χ1n) is 8.46. The number of hydrogen-bond acceptors (Lipinski definition) is 3. The highest BCUT2D eigenvalue weighted by Crippen LogP contribution is 2.40. The van der Waals surface area contributed by atoms with Crippen molar-refractivity contribution < 1.29 is 4.79 Å². The van der Waals surface area contributed by atoms with Crippen LogP contribution in [0.25, 0.3) is 0 Å². The third-order valence-corrected chi connectivity index (χ3v) is 5.62. The lowest BCUT2D eigenvalue weighted by atomic mass is 9.90. The lowest BCUT2D eigenvalue weighted by Crippen LogP contribution is -2.46. The molecule has 4 atom stereocenters. The number of fused-ring (bicyclic) bond motifs is 3. The van der Waals surface area contributed by atoms with Gasteiger partial charge in [0.15, 0.2) is 0 Å². The van der Waals surface area contributed by atoms with Crippen LogP contribution in [0.5, 0.6) is 0 Å². The highest BCUT2D eigenvalue weighted by Gasteiger charge is 2.48. The fraction of sp³-hybridized carbons (Fsp3) is 0.938. The lowest BCUT2D eigenvalue weighted by molar-refractivity contribution is -0.125. The highest BCUT2D eigenvalue weighted by molar-refractivity contribution is 5.81. The minimum atomic E-state index is 0.0455. The normalized spacial score (nSPS) is 35.6. The molecular formula is C16H29N3O. The van der Waals surface area contributed by atoms with Crippen LogP contribution < -0.4 is 5.32 Å². The first-order valence-corrected chi connectivity index (χ1v) is 8.46. The zero-order valence-corrected chi connectivity index (χ0v) is 13.0. The number of hydrogen-bond donors (Lipinski definition) is 1. The number of rotatable bonds is 4. The van der Waals surface area contributed by atoms with E-state index in [9.17, 15) is 4.79 Å². The van der Waals surface area contributed by atoms with Crippen molar-refractivity contribution in [2.75, 3.05) is 32.7 Å². The number of carbonyl (C=O) groups excluding carboxylic acids is 1. The zero-order valence-electron chi connectivity index (χ0n) is 13.0. The molecule has 0 aromatic rings. The molecule has 0 spiro atoms. The van der Waals surface area contributed by atoms with E-state index in [0.29, 0.717) is 0 Å². The standard InChI is InChI=1S/C16H29N3O/c1-3-7-17-16(20)12(2)19-10-13-9-18-8-5-4-6-15(18)14(13)11-19/h12-15H,3-11H2,1-2H3,(H,17,20)/t12-,13-,14+,15+/m0/s1. The van der Waals surface area contributed by atoms with Crippen molar-refractivity contribution in [2.45, 2.75) is 51.6 Å². The van der Waals surface area contributed by atoms with Crippen LogP contribution in [0, 0.1) is 11.8 Å². The van der Waals surface area contributed by atoms with E-state index in [0.717, 1.165) is 43.9 Å². The molecule has 3 aliphatic rings. The Bertz CT molecular complexity index is 360. The van der Waals surface area contributed by atoms with Crippen LogP contribution in [-0.2, 0) is 4.79 Å². The van der Waals surface area contributed by atoms with E-state index in [4.69, 9.17) is 0 Å². The van der Waals surface area contributed by atoms with Crippen LogP contribution in [0.15, 0.2) is 0 Å². The topological polar surface area (TPSA) is 35.6 Å². The van der Waals surface area contributed by atoms with Crippen molar-refractivity contribution in [1.82, 2.24) is 15.1 Å². The van der Waals surface area contributed by atoms with Gasteiger partial charge < -0.3 is 5.32 Å². The largest absolute Gasteiger partial charge is 0.355 e. The molecule has 4 nitrogen and oxygen atoms in total. The molecule has 114 valence electrons. The molecule has 1 N–H and O–H groups in total. The second kappa shape index (κ2) is 6.02. The van der Waals surface area contributed by atoms with E-state index >= 15 is 0 Å². The van der Waals surface area contributed by atoms with Crippen molar-refractivity contribution in [3.05, 3.63) is 0 Å². The van der Waals surface area contributed by atoms with E-state index in [1.165, 1.54) is 32.4 Å². The Balaban J connectivity index is 1.56. The molecule has 1 amide bonds. The molecule has 0 bridgehead atoms. The first-order chi connectivity index (χ1) is 9.70. The van der Waals surface area contributed by atoms with E-state index < -0.39 is 0 Å². The highest BCUT2D eigenvalue weighted by atomic mass is 16.2. The first kappa shape index (κ1) is 14.3. The van der Waals surface area contributed by atoms with Gasteiger partial charge in [-0.1, -0.05) is 13.3 Å². The van der Waals surface area contributed by atoms with Crippen molar-refractivity contribution in [3.8, 4) is 0 Å². The quantitative estimate of drug-likeness (QED) is 0.843. The summed E-state index contributed by atoms with van der Waals surface area (Å²) >= 11 is 0. The molecule has 0 aromatic carbocycles. The summed E-state index contributed by atoms with van der Waals surface area (Å²) in [6, 6.07) is 0.855. The van der Waals surface area contributed by atoms with E-state index in [1.54, 1.807) is 0 Å². The average Bonchev–Trinajstić information content (AvgIpc) is 3.01. The lowest BCUT2D eigenvalue weighted by Gasteiger charge is -2.34. The molecule has 4 heteroatoms. The third kappa shape index (κ3) is 2.60.